The average Bonchev–Trinajstić information content (AvgIpc) is 3.14. The maximum Gasteiger partial charge on any atom is 0.0740 e. The topological polar surface area (TPSA) is 0 Å². The molecule has 2 heteroatoms. The zero-order valence-corrected chi connectivity index (χ0v) is 14.3. The molecule has 2 aromatic carbocycles. The Kier molecular flexibility index (Phi) is 4.59. The maximum absolute atomic E-state index is 2.46. The minimum atomic E-state index is -0.537. The van der Waals surface area contributed by atoms with Crippen LogP contribution >= 0.6 is 0 Å². The van der Waals surface area contributed by atoms with E-state index in [1.807, 2.05) is 0 Å². The van der Waals surface area contributed by atoms with Crippen molar-refractivity contribution in [1.82, 2.24) is 0 Å². The fourth-order valence-corrected chi connectivity index (χ4v) is 7.06. The zero-order chi connectivity index (χ0) is 14.2. The number of hydrogen-bond acceptors (Lipinski definition) is 0. The first kappa shape index (κ1) is 15.6. The van der Waals surface area contributed by atoms with Gasteiger partial charge in [-0.3, -0.25) is 0 Å². The standard InChI is InChI=1S/C20H19Si.Li/c1-2-21(19-13-11-15-7-3-5-9-17(15)19)20-14-12-16-8-4-6-10-18(16)20;/h3-14,19-20H,2H2,1H3;. The summed E-state index contributed by atoms with van der Waals surface area (Å²) in [5, 5.41) is 0. The van der Waals surface area contributed by atoms with E-state index in [2.05, 4.69) is 79.8 Å². The fraction of sp³-hybridized carbons (Fsp3) is 0.200. The first-order valence-electron chi connectivity index (χ1n) is 7.78. The van der Waals surface area contributed by atoms with Gasteiger partial charge >= 0.3 is 0 Å². The predicted octanol–water partition coefficient (Wildman–Crippen LogP) is 4.82. The molecule has 0 nitrogen and oxygen atoms in total. The normalized spacial score (nSPS) is 20.8. The molecular formula is C20H19LiSi. The van der Waals surface area contributed by atoms with Gasteiger partial charge in [-0.1, -0.05) is 85.8 Å². The summed E-state index contributed by atoms with van der Waals surface area (Å²) >= 11 is 0. The van der Waals surface area contributed by atoms with E-state index >= 15 is 0 Å². The van der Waals surface area contributed by atoms with Crippen LogP contribution in [-0.4, -0.2) is 27.7 Å². The third-order valence-corrected chi connectivity index (χ3v) is 8.23. The monoisotopic (exact) mass is 294 g/mol. The molecule has 0 saturated heterocycles. The van der Waals surface area contributed by atoms with E-state index in [0.29, 0.717) is 11.1 Å². The average molecular weight is 294 g/mol. The molecule has 0 aromatic heterocycles. The molecule has 2 aliphatic carbocycles. The molecule has 0 saturated carbocycles. The van der Waals surface area contributed by atoms with Crippen LogP contribution in [0, 0.1) is 0 Å². The number of rotatable bonds is 3. The van der Waals surface area contributed by atoms with Gasteiger partial charge < -0.3 is 0 Å². The van der Waals surface area contributed by atoms with E-state index < -0.39 is 8.80 Å². The first-order valence-corrected chi connectivity index (χ1v) is 9.64. The van der Waals surface area contributed by atoms with Crippen molar-refractivity contribution in [2.45, 2.75) is 24.1 Å². The van der Waals surface area contributed by atoms with Gasteiger partial charge in [-0.2, -0.15) is 0 Å². The molecule has 0 heterocycles. The quantitative estimate of drug-likeness (QED) is 0.712. The second kappa shape index (κ2) is 6.46. The van der Waals surface area contributed by atoms with Gasteiger partial charge in [0, 0.05) is 18.9 Å². The van der Waals surface area contributed by atoms with Gasteiger partial charge in [0.25, 0.3) is 0 Å². The predicted molar refractivity (Wildman–Crippen MR) is 98.4 cm³/mol. The van der Waals surface area contributed by atoms with Crippen molar-refractivity contribution >= 4 is 39.8 Å². The Bertz CT molecular complexity index is 670. The minimum absolute atomic E-state index is 0. The second-order valence-corrected chi connectivity index (χ2v) is 8.96. The molecule has 0 N–H and O–H groups in total. The van der Waals surface area contributed by atoms with E-state index in [1.54, 1.807) is 11.1 Å². The van der Waals surface area contributed by atoms with Crippen LogP contribution in [0.2, 0.25) is 6.04 Å². The van der Waals surface area contributed by atoms with Gasteiger partial charge in [0.15, 0.2) is 0 Å². The van der Waals surface area contributed by atoms with Crippen molar-refractivity contribution in [2.24, 2.45) is 0 Å². The van der Waals surface area contributed by atoms with Crippen LogP contribution in [-0.2, 0) is 0 Å². The summed E-state index contributed by atoms with van der Waals surface area (Å²) in [4.78, 5) is 0. The van der Waals surface area contributed by atoms with Crippen molar-refractivity contribution in [3.05, 3.63) is 82.9 Å². The summed E-state index contributed by atoms with van der Waals surface area (Å²) in [6.45, 7) is 2.37. The molecule has 0 amide bonds. The van der Waals surface area contributed by atoms with Crippen LogP contribution in [0.3, 0.4) is 0 Å². The van der Waals surface area contributed by atoms with Crippen LogP contribution in [0.1, 0.15) is 40.3 Å². The molecule has 2 atom stereocenters. The summed E-state index contributed by atoms with van der Waals surface area (Å²) < 4.78 is 0. The molecule has 104 valence electrons. The summed E-state index contributed by atoms with van der Waals surface area (Å²) in [6.07, 6.45) is 9.56. The van der Waals surface area contributed by atoms with Gasteiger partial charge in [-0.25, -0.2) is 0 Å². The van der Waals surface area contributed by atoms with Crippen molar-refractivity contribution in [1.29, 1.82) is 0 Å². The van der Waals surface area contributed by atoms with Crippen LogP contribution in [0.25, 0.3) is 12.2 Å². The Morgan fingerprint density at radius 3 is 1.68 bits per heavy atom. The summed E-state index contributed by atoms with van der Waals surface area (Å²) in [5.41, 5.74) is 7.24. The molecule has 0 bridgehead atoms. The Labute approximate surface area is 146 Å². The Morgan fingerprint density at radius 1 is 0.773 bits per heavy atom. The molecule has 0 aliphatic heterocycles. The molecule has 0 spiro atoms. The molecule has 2 radical (unpaired) electrons. The number of benzene rings is 2. The Balaban J connectivity index is 0.00000144. The molecule has 22 heavy (non-hydrogen) atoms. The van der Waals surface area contributed by atoms with Crippen LogP contribution in [0.4, 0.5) is 0 Å². The minimum Gasteiger partial charge on any atom is -0.0793 e. The van der Waals surface area contributed by atoms with E-state index in [9.17, 15) is 0 Å². The number of fused-ring (bicyclic) bond motifs is 2. The van der Waals surface area contributed by atoms with Crippen LogP contribution < -0.4 is 0 Å². The van der Waals surface area contributed by atoms with Crippen molar-refractivity contribution in [3.63, 3.8) is 0 Å². The molecular weight excluding hydrogens is 275 g/mol. The van der Waals surface area contributed by atoms with Crippen LogP contribution in [0.5, 0.6) is 0 Å². The summed E-state index contributed by atoms with van der Waals surface area (Å²) in [7, 11) is -0.537. The molecule has 2 aliphatic rings. The third kappa shape index (κ3) is 2.48. The molecule has 4 rings (SSSR count). The van der Waals surface area contributed by atoms with Crippen LogP contribution in [0.15, 0.2) is 60.7 Å². The smallest absolute Gasteiger partial charge is 0.0740 e. The molecule has 2 unspecified atom stereocenters. The van der Waals surface area contributed by atoms with E-state index in [4.69, 9.17) is 0 Å². The maximum atomic E-state index is 2.46. The third-order valence-electron chi connectivity index (χ3n) is 4.81. The van der Waals surface area contributed by atoms with Gasteiger partial charge in [0.2, 0.25) is 0 Å². The Morgan fingerprint density at radius 2 is 1.23 bits per heavy atom. The van der Waals surface area contributed by atoms with E-state index in [0.717, 1.165) is 0 Å². The summed E-state index contributed by atoms with van der Waals surface area (Å²) in [5.74, 6) is 0. The first-order chi connectivity index (χ1) is 10.4. The van der Waals surface area contributed by atoms with Crippen molar-refractivity contribution in [2.75, 3.05) is 0 Å². The second-order valence-electron chi connectivity index (χ2n) is 5.86. The Hall–Kier alpha value is -1.27. The zero-order valence-electron chi connectivity index (χ0n) is 13.3. The van der Waals surface area contributed by atoms with Gasteiger partial charge in [0.1, 0.15) is 0 Å². The van der Waals surface area contributed by atoms with Gasteiger partial charge in [0.05, 0.1) is 8.80 Å². The summed E-state index contributed by atoms with van der Waals surface area (Å²) in [6, 6.07) is 19.1. The van der Waals surface area contributed by atoms with E-state index in [-0.39, 0.29) is 18.9 Å². The molecule has 0 fully saturated rings. The molecule has 2 aromatic rings. The largest absolute Gasteiger partial charge is 0.0793 e. The van der Waals surface area contributed by atoms with Gasteiger partial charge in [-0.15, -0.1) is 0 Å². The SMILES string of the molecule is CC[Si](C1C=Cc2ccccc21)C1C=Cc2ccccc21.[Li]. The van der Waals surface area contributed by atoms with Gasteiger partial charge in [-0.05, 0) is 33.3 Å². The fourth-order valence-electron chi connectivity index (χ4n) is 3.78. The number of allylic oxidation sites excluding steroid dienone is 2. The van der Waals surface area contributed by atoms with Crippen molar-refractivity contribution < 1.29 is 0 Å². The van der Waals surface area contributed by atoms with E-state index in [1.165, 1.54) is 17.2 Å². The number of hydrogen-bond donors (Lipinski definition) is 0. The van der Waals surface area contributed by atoms with Crippen molar-refractivity contribution in [3.8, 4) is 0 Å².